The number of hydrogen-bond donors (Lipinski definition) is 4. The van der Waals surface area contributed by atoms with Crippen LogP contribution in [0.3, 0.4) is 0 Å². The van der Waals surface area contributed by atoms with Crippen LogP contribution in [0.2, 0.25) is 0 Å². The number of hydrogen-bond acceptors (Lipinski definition) is 7. The number of rotatable bonds is 8. The number of aliphatic carboxylic acids is 1. The Morgan fingerprint density at radius 1 is 1.20 bits per heavy atom. The van der Waals surface area contributed by atoms with Crippen LogP contribution in [0, 0.1) is 18.2 Å². The molecule has 2 aromatic heterocycles. The third kappa shape index (κ3) is 7.74. The summed E-state index contributed by atoms with van der Waals surface area (Å²) in [5.41, 5.74) is 7.61. The van der Waals surface area contributed by atoms with Gasteiger partial charge in [0, 0.05) is 23.5 Å². The standard InChI is InChI=1S/C24H24FN7O2.C2HF3O2/c1-3-34-19-12-14(2)11-17(20(19)25)18(13-15-5-7-16(8-6-15)21(26)27)22-30-24(33)32(31-22)23-28-9-4-10-29-23;3-2(4,5)1(6)7/h4-12,18H,3,13H2,1-2H3,(H3,26,27)(H,30,31,33);(H,6,7). The van der Waals surface area contributed by atoms with Crippen molar-refractivity contribution < 1.29 is 32.2 Å². The number of carbonyl (C=O) groups is 1. The van der Waals surface area contributed by atoms with Gasteiger partial charge in [0.1, 0.15) is 11.7 Å². The van der Waals surface area contributed by atoms with E-state index < -0.39 is 29.6 Å². The van der Waals surface area contributed by atoms with Crippen LogP contribution in [0.15, 0.2) is 59.7 Å². The molecule has 1 atom stereocenters. The molecule has 15 heteroatoms. The second-order valence-electron chi connectivity index (χ2n) is 8.55. The Hall–Kier alpha value is -5.08. The van der Waals surface area contributed by atoms with Crippen LogP contribution < -0.4 is 16.2 Å². The van der Waals surface area contributed by atoms with E-state index in [1.54, 1.807) is 37.3 Å². The Kier molecular flexibility index (Phi) is 9.55. The molecule has 1 unspecified atom stereocenters. The van der Waals surface area contributed by atoms with Crippen molar-refractivity contribution in [1.29, 1.82) is 5.41 Å². The molecule has 0 radical (unpaired) electrons. The molecule has 0 saturated carbocycles. The fraction of sp³-hybridized carbons (Fsp3) is 0.231. The van der Waals surface area contributed by atoms with E-state index in [-0.39, 0.29) is 23.4 Å². The molecule has 0 saturated heterocycles. The summed E-state index contributed by atoms with van der Waals surface area (Å²) in [6, 6.07) is 12.1. The van der Waals surface area contributed by atoms with Crippen molar-refractivity contribution in [3.8, 4) is 11.7 Å². The van der Waals surface area contributed by atoms with Crippen LogP contribution in [0.1, 0.15) is 40.9 Å². The van der Waals surface area contributed by atoms with Crippen molar-refractivity contribution in [3.63, 3.8) is 0 Å². The SMILES string of the molecule is CCOc1cc(C)cc(C(Cc2ccc(C(=N)N)cc2)c2nn(-c3ncccn3)c(=O)[nH]2)c1F.O=C(O)C(F)(F)F. The number of halogens is 4. The highest BCUT2D eigenvalue weighted by atomic mass is 19.4. The number of aryl methyl sites for hydroxylation is 1. The van der Waals surface area contributed by atoms with Gasteiger partial charge in [0.2, 0.25) is 0 Å². The summed E-state index contributed by atoms with van der Waals surface area (Å²) in [5, 5.41) is 19.1. The maximum atomic E-state index is 15.6. The number of alkyl halides is 3. The number of H-pyrrole nitrogens is 1. The zero-order valence-corrected chi connectivity index (χ0v) is 21.7. The number of nitrogens with zero attached hydrogens (tertiary/aromatic N) is 4. The van der Waals surface area contributed by atoms with Gasteiger partial charge in [-0.2, -0.15) is 13.2 Å². The zero-order chi connectivity index (χ0) is 30.3. The minimum Gasteiger partial charge on any atom is -0.491 e. The van der Waals surface area contributed by atoms with Gasteiger partial charge in [0.25, 0.3) is 5.95 Å². The first-order valence-electron chi connectivity index (χ1n) is 11.9. The Morgan fingerprint density at radius 2 is 1.80 bits per heavy atom. The normalized spacial score (nSPS) is 11.8. The molecular formula is C26H25F4N7O4. The molecular weight excluding hydrogens is 550 g/mol. The van der Waals surface area contributed by atoms with Gasteiger partial charge in [-0.05, 0) is 43.5 Å². The average Bonchev–Trinajstić information content (AvgIpc) is 3.31. The summed E-state index contributed by atoms with van der Waals surface area (Å²) in [4.78, 5) is 32.5. The minimum absolute atomic E-state index is 0.0416. The molecule has 2 heterocycles. The lowest BCUT2D eigenvalue weighted by Crippen LogP contribution is -2.21. The summed E-state index contributed by atoms with van der Waals surface area (Å²) in [6.45, 7) is 3.95. The Labute approximate surface area is 230 Å². The zero-order valence-electron chi connectivity index (χ0n) is 21.7. The molecule has 11 nitrogen and oxygen atoms in total. The number of carboxylic acids is 1. The van der Waals surface area contributed by atoms with E-state index in [0.29, 0.717) is 24.2 Å². The summed E-state index contributed by atoms with van der Waals surface area (Å²) in [5.74, 6) is -3.43. The summed E-state index contributed by atoms with van der Waals surface area (Å²) < 4.78 is 53.9. The predicted molar refractivity (Wildman–Crippen MR) is 139 cm³/mol. The highest BCUT2D eigenvalue weighted by Gasteiger charge is 2.38. The molecule has 4 rings (SSSR count). The first-order valence-corrected chi connectivity index (χ1v) is 11.9. The van der Waals surface area contributed by atoms with Gasteiger partial charge in [-0.3, -0.25) is 10.4 Å². The molecule has 0 fully saturated rings. The van der Waals surface area contributed by atoms with Crippen molar-refractivity contribution in [1.82, 2.24) is 24.7 Å². The van der Waals surface area contributed by atoms with E-state index in [1.165, 1.54) is 12.4 Å². The van der Waals surface area contributed by atoms with Crippen LogP contribution in [0.4, 0.5) is 17.6 Å². The Morgan fingerprint density at radius 3 is 2.34 bits per heavy atom. The van der Waals surface area contributed by atoms with Crippen LogP contribution in [-0.2, 0) is 11.2 Å². The van der Waals surface area contributed by atoms with Gasteiger partial charge >= 0.3 is 17.8 Å². The fourth-order valence-electron chi connectivity index (χ4n) is 3.72. The maximum Gasteiger partial charge on any atom is 0.490 e. The number of aromatic nitrogens is 5. The molecule has 2 aromatic carbocycles. The molecule has 4 aromatic rings. The first kappa shape index (κ1) is 30.5. The van der Waals surface area contributed by atoms with E-state index in [9.17, 15) is 18.0 Å². The van der Waals surface area contributed by atoms with Gasteiger partial charge in [-0.1, -0.05) is 30.3 Å². The predicted octanol–water partition coefficient (Wildman–Crippen LogP) is 3.49. The molecule has 216 valence electrons. The average molecular weight is 576 g/mol. The molecule has 0 aliphatic heterocycles. The molecule has 41 heavy (non-hydrogen) atoms. The van der Waals surface area contributed by atoms with Gasteiger partial charge in [0.15, 0.2) is 11.6 Å². The van der Waals surface area contributed by atoms with E-state index in [1.807, 2.05) is 19.1 Å². The van der Waals surface area contributed by atoms with Crippen LogP contribution in [-0.4, -0.2) is 54.4 Å². The molecule has 5 N–H and O–H groups in total. The first-order chi connectivity index (χ1) is 19.3. The smallest absolute Gasteiger partial charge is 0.490 e. The number of aromatic amines is 1. The highest BCUT2D eigenvalue weighted by molar-refractivity contribution is 5.94. The van der Waals surface area contributed by atoms with Crippen molar-refractivity contribution in [3.05, 3.63) is 99.2 Å². The fourth-order valence-corrected chi connectivity index (χ4v) is 3.72. The monoisotopic (exact) mass is 575 g/mol. The lowest BCUT2D eigenvalue weighted by atomic mass is 9.89. The molecule has 0 bridgehead atoms. The minimum atomic E-state index is -5.08. The molecule has 0 aliphatic carbocycles. The summed E-state index contributed by atoms with van der Waals surface area (Å²) >= 11 is 0. The number of nitrogens with two attached hydrogens (primary N) is 1. The summed E-state index contributed by atoms with van der Waals surface area (Å²) in [7, 11) is 0. The van der Waals surface area contributed by atoms with Crippen molar-refractivity contribution in [2.45, 2.75) is 32.4 Å². The van der Waals surface area contributed by atoms with Crippen LogP contribution in [0.25, 0.3) is 5.95 Å². The second kappa shape index (κ2) is 12.8. The number of nitrogens with one attached hydrogen (secondary N) is 2. The summed E-state index contributed by atoms with van der Waals surface area (Å²) in [6.07, 6.45) is -1.75. The lowest BCUT2D eigenvalue weighted by Gasteiger charge is -2.19. The van der Waals surface area contributed by atoms with Gasteiger partial charge in [-0.25, -0.2) is 23.9 Å². The van der Waals surface area contributed by atoms with E-state index >= 15 is 4.39 Å². The Bertz CT molecular complexity index is 1570. The molecule has 0 amide bonds. The maximum absolute atomic E-state index is 15.6. The van der Waals surface area contributed by atoms with Gasteiger partial charge in [0.05, 0.1) is 12.5 Å². The van der Waals surface area contributed by atoms with E-state index in [4.69, 9.17) is 25.8 Å². The van der Waals surface area contributed by atoms with E-state index in [0.717, 1.165) is 15.8 Å². The molecule has 0 aliphatic rings. The van der Waals surface area contributed by atoms with Crippen LogP contribution in [0.5, 0.6) is 5.75 Å². The molecule has 0 spiro atoms. The van der Waals surface area contributed by atoms with Crippen molar-refractivity contribution in [2.24, 2.45) is 5.73 Å². The van der Waals surface area contributed by atoms with Crippen molar-refractivity contribution >= 4 is 11.8 Å². The van der Waals surface area contributed by atoms with Crippen molar-refractivity contribution in [2.75, 3.05) is 6.61 Å². The third-order valence-electron chi connectivity index (χ3n) is 5.54. The topological polar surface area (TPSA) is 173 Å². The number of benzene rings is 2. The largest absolute Gasteiger partial charge is 0.491 e. The van der Waals surface area contributed by atoms with E-state index in [2.05, 4.69) is 20.1 Å². The van der Waals surface area contributed by atoms with Gasteiger partial charge in [-0.15, -0.1) is 9.78 Å². The lowest BCUT2D eigenvalue weighted by molar-refractivity contribution is -0.192. The van der Waals surface area contributed by atoms with Crippen LogP contribution >= 0.6 is 0 Å². The quantitative estimate of drug-likeness (QED) is 0.140. The number of nitrogen functional groups attached to an aromatic ring is 1. The number of carboxylic acid groups (broad SMARTS) is 1. The highest BCUT2D eigenvalue weighted by Crippen LogP contribution is 2.33. The third-order valence-corrected chi connectivity index (χ3v) is 5.54. The number of ether oxygens (including phenoxy) is 1. The van der Waals surface area contributed by atoms with Gasteiger partial charge < -0.3 is 15.6 Å². The second-order valence-corrected chi connectivity index (χ2v) is 8.55. The number of amidine groups is 1. The Balaban J connectivity index is 0.000000587.